The van der Waals surface area contributed by atoms with Crippen LogP contribution in [0.5, 0.6) is 0 Å². The number of halogens is 1. The first-order valence-electron chi connectivity index (χ1n) is 19.0. The van der Waals surface area contributed by atoms with Crippen LogP contribution in [0, 0.1) is 47.3 Å². The summed E-state index contributed by atoms with van der Waals surface area (Å²) in [6.07, 6.45) is 14.7. The van der Waals surface area contributed by atoms with Crippen molar-refractivity contribution in [2.45, 2.75) is 150 Å². The standard InChI is InChI=1S/C32H55ClN8O5S2/c33-47(42,43)22-14-13-21-23(24(22)48(44,45)46)32-40-30-20-12-6-5-11-19(20)28(38-30)36-26-16-8-2-1-7-15(16)25(34-26)35-27-17-9-3-4-10-18(17)29(37-27)39-31(21)41-32/h15-32,34-41H,1-14H2,(H,44,45,46). The second kappa shape index (κ2) is 12.8. The molecule has 48 heavy (non-hydrogen) atoms. The van der Waals surface area contributed by atoms with E-state index < -0.39 is 41.8 Å². The molecular weight excluding hydrogens is 676 g/mol. The molecule has 0 radical (unpaired) electrons. The highest BCUT2D eigenvalue weighted by atomic mass is 35.7. The lowest BCUT2D eigenvalue weighted by atomic mass is 9.76. The van der Waals surface area contributed by atoms with Crippen molar-refractivity contribution in [3.8, 4) is 0 Å². The van der Waals surface area contributed by atoms with E-state index in [9.17, 15) is 21.4 Å². The van der Waals surface area contributed by atoms with E-state index in [1.807, 2.05) is 0 Å². The van der Waals surface area contributed by atoms with Gasteiger partial charge in [-0.3, -0.25) is 47.1 Å². The number of nitrogens with one attached hydrogen (secondary N) is 8. The zero-order chi connectivity index (χ0) is 32.9. The molecule has 0 amide bonds. The van der Waals surface area contributed by atoms with Crippen LogP contribution in [0.25, 0.3) is 0 Å². The molecule has 18 unspecified atom stereocenters. The summed E-state index contributed by atoms with van der Waals surface area (Å²) in [5.74, 6) is 1.93. The van der Waals surface area contributed by atoms with Crippen LogP contribution in [-0.2, 0) is 19.2 Å². The largest absolute Gasteiger partial charge is 0.286 e. The average molecular weight is 731 g/mol. The molecule has 4 saturated carbocycles. The van der Waals surface area contributed by atoms with Crippen molar-refractivity contribution in [2.75, 3.05) is 0 Å². The minimum Gasteiger partial charge on any atom is -0.286 e. The Bertz CT molecular complexity index is 1440. The van der Waals surface area contributed by atoms with Gasteiger partial charge in [0.05, 0.1) is 54.6 Å². The van der Waals surface area contributed by atoms with Crippen molar-refractivity contribution in [2.24, 2.45) is 47.3 Å². The molecule has 0 aromatic heterocycles. The van der Waals surface area contributed by atoms with Crippen LogP contribution in [0.1, 0.15) is 89.9 Å². The zero-order valence-corrected chi connectivity index (χ0v) is 30.0. The van der Waals surface area contributed by atoms with Gasteiger partial charge in [-0.05, 0) is 92.8 Å². The Kier molecular flexibility index (Phi) is 8.94. The van der Waals surface area contributed by atoms with E-state index in [-0.39, 0.29) is 55.5 Å². The molecule has 9 rings (SSSR count). The predicted octanol–water partition coefficient (Wildman–Crippen LogP) is 1.02. The summed E-state index contributed by atoms with van der Waals surface area (Å²) in [6, 6.07) is 0. The molecule has 18 atom stereocenters. The fraction of sp³-hybridized carbons (Fsp3) is 1.00. The van der Waals surface area contributed by atoms with E-state index in [1.54, 1.807) is 0 Å². The monoisotopic (exact) mass is 730 g/mol. The lowest BCUT2D eigenvalue weighted by molar-refractivity contribution is 0.167. The third kappa shape index (κ3) is 5.82. The minimum atomic E-state index is -4.75. The molecule has 13 nitrogen and oxygen atoms in total. The molecule has 9 fully saturated rings. The lowest BCUT2D eigenvalue weighted by Gasteiger charge is -2.40. The molecule has 0 spiro atoms. The first kappa shape index (κ1) is 33.7. The Labute approximate surface area is 289 Å². The number of rotatable bonds is 2. The van der Waals surface area contributed by atoms with Crippen LogP contribution in [0.2, 0.25) is 0 Å². The number of hydrogen-bond donors (Lipinski definition) is 9. The predicted molar refractivity (Wildman–Crippen MR) is 182 cm³/mol. The van der Waals surface area contributed by atoms with E-state index in [0.717, 1.165) is 25.7 Å². The summed E-state index contributed by atoms with van der Waals surface area (Å²) in [5.41, 5.74) is 0. The number of fused-ring (bicyclic) bond motifs is 20. The third-order valence-corrected chi connectivity index (χ3v) is 18.1. The van der Waals surface area contributed by atoms with Gasteiger partial charge < -0.3 is 0 Å². The lowest BCUT2D eigenvalue weighted by Crippen LogP contribution is -2.62. The van der Waals surface area contributed by atoms with Crippen LogP contribution in [0.4, 0.5) is 0 Å². The maximum Gasteiger partial charge on any atom is 0.269 e. The van der Waals surface area contributed by atoms with Crippen molar-refractivity contribution >= 4 is 29.9 Å². The summed E-state index contributed by atoms with van der Waals surface area (Å²) >= 11 is 0. The van der Waals surface area contributed by atoms with Crippen LogP contribution < -0.4 is 42.5 Å². The molecule has 272 valence electrons. The topological polar surface area (TPSA) is 185 Å². The first-order chi connectivity index (χ1) is 23.0. The maximum absolute atomic E-state index is 13.2. The Morgan fingerprint density at radius 3 is 1.00 bits per heavy atom. The van der Waals surface area contributed by atoms with Crippen molar-refractivity contribution in [3.05, 3.63) is 0 Å². The Hall–Kier alpha value is -0.170. The van der Waals surface area contributed by atoms with Crippen LogP contribution in [-0.4, -0.2) is 81.2 Å². The quantitative estimate of drug-likeness (QED) is 0.145. The van der Waals surface area contributed by atoms with E-state index in [0.29, 0.717) is 41.9 Å². The van der Waals surface area contributed by atoms with Gasteiger partial charge in [-0.15, -0.1) is 0 Å². The van der Waals surface area contributed by atoms with Gasteiger partial charge in [-0.2, -0.15) is 8.42 Å². The molecular formula is C32H55ClN8O5S2. The first-order valence-corrected chi connectivity index (χ1v) is 22.9. The number of hydrogen-bond acceptors (Lipinski definition) is 12. The van der Waals surface area contributed by atoms with Crippen molar-refractivity contribution in [3.63, 3.8) is 0 Å². The van der Waals surface area contributed by atoms with Gasteiger partial charge in [-0.1, -0.05) is 38.5 Å². The molecule has 9 aliphatic rings. The SMILES string of the molecule is O=S(=O)(O)C1C2C3NC4NC(NC5NC(NC6NC(NC(N3)C2CCC1S(=O)(=O)Cl)C1CCCCC61)C1CCCCC51)C1CCCCC41. The fourth-order valence-electron chi connectivity index (χ4n) is 12.7. The van der Waals surface area contributed by atoms with Crippen molar-refractivity contribution < 1.29 is 21.4 Å². The van der Waals surface area contributed by atoms with E-state index >= 15 is 0 Å². The molecule has 4 aliphatic carbocycles. The second-order valence-electron chi connectivity index (χ2n) is 16.8. The molecule has 9 N–H and O–H groups in total. The fourth-order valence-corrected chi connectivity index (χ4v) is 16.5. The smallest absolute Gasteiger partial charge is 0.269 e. The van der Waals surface area contributed by atoms with Crippen molar-refractivity contribution in [1.29, 1.82) is 0 Å². The van der Waals surface area contributed by atoms with Gasteiger partial charge in [0.15, 0.2) is 0 Å². The Morgan fingerprint density at radius 2 is 0.708 bits per heavy atom. The highest BCUT2D eigenvalue weighted by Crippen LogP contribution is 2.47. The second-order valence-corrected chi connectivity index (χ2v) is 21.2. The molecule has 16 heteroatoms. The van der Waals surface area contributed by atoms with E-state index in [1.165, 1.54) is 51.4 Å². The Morgan fingerprint density at radius 1 is 0.417 bits per heavy atom. The van der Waals surface area contributed by atoms with Gasteiger partial charge in [0.2, 0.25) is 9.05 Å². The molecule has 5 saturated heterocycles. The van der Waals surface area contributed by atoms with Gasteiger partial charge >= 0.3 is 0 Å². The molecule has 8 bridgehead atoms. The average Bonchev–Trinajstić information content (AvgIpc) is 3.79. The summed E-state index contributed by atoms with van der Waals surface area (Å²) < 4.78 is 62.6. The Balaban J connectivity index is 1.10. The zero-order valence-electron chi connectivity index (χ0n) is 27.6. The molecule has 0 aromatic carbocycles. The van der Waals surface area contributed by atoms with E-state index in [4.69, 9.17) is 10.7 Å². The van der Waals surface area contributed by atoms with Gasteiger partial charge in [0, 0.05) is 16.6 Å². The summed E-state index contributed by atoms with van der Waals surface area (Å²) in [7, 11) is -3.07. The van der Waals surface area contributed by atoms with Crippen molar-refractivity contribution in [1.82, 2.24) is 42.5 Å². The van der Waals surface area contributed by atoms with E-state index in [2.05, 4.69) is 42.5 Å². The molecule has 5 aliphatic heterocycles. The minimum absolute atomic E-state index is 0.0189. The highest BCUT2D eigenvalue weighted by Gasteiger charge is 2.60. The summed E-state index contributed by atoms with van der Waals surface area (Å²) in [6.45, 7) is 0. The van der Waals surface area contributed by atoms with Crippen LogP contribution in [0.3, 0.4) is 0 Å². The van der Waals surface area contributed by atoms with Gasteiger partial charge in [0.1, 0.15) is 5.25 Å². The van der Waals surface area contributed by atoms with Crippen LogP contribution in [0.15, 0.2) is 0 Å². The summed E-state index contributed by atoms with van der Waals surface area (Å²) in [5, 5.41) is 28.8. The molecule has 5 heterocycles. The normalized spacial score (nSPS) is 53.8. The summed E-state index contributed by atoms with van der Waals surface area (Å²) in [4.78, 5) is 0. The van der Waals surface area contributed by atoms with Crippen LogP contribution >= 0.6 is 10.7 Å². The van der Waals surface area contributed by atoms with Gasteiger partial charge in [0.25, 0.3) is 10.1 Å². The highest BCUT2D eigenvalue weighted by molar-refractivity contribution is 8.14. The molecule has 0 aromatic rings. The maximum atomic E-state index is 13.2. The third-order valence-electron chi connectivity index (χ3n) is 14.6. The van der Waals surface area contributed by atoms with Gasteiger partial charge in [-0.25, -0.2) is 8.42 Å².